The van der Waals surface area contributed by atoms with E-state index in [2.05, 4.69) is 11.4 Å². The van der Waals surface area contributed by atoms with Crippen molar-refractivity contribution in [1.82, 2.24) is 0 Å². The predicted molar refractivity (Wildman–Crippen MR) is 66.7 cm³/mol. The number of carbonyl (C=O) groups excluding carboxylic acids is 1. The van der Waals surface area contributed by atoms with Gasteiger partial charge in [-0.3, -0.25) is 4.79 Å². The van der Waals surface area contributed by atoms with Crippen LogP contribution < -0.4 is 11.1 Å². The molecule has 1 aromatic rings. The molecule has 0 saturated carbocycles. The molecule has 0 spiro atoms. The van der Waals surface area contributed by atoms with Crippen molar-refractivity contribution in [1.29, 1.82) is 5.26 Å². The number of carbonyl (C=O) groups is 1. The fourth-order valence-corrected chi connectivity index (χ4v) is 1.87. The molecule has 0 aliphatic carbocycles. The van der Waals surface area contributed by atoms with Gasteiger partial charge in [0.05, 0.1) is 31.6 Å². The van der Waals surface area contributed by atoms with Gasteiger partial charge in [-0.25, -0.2) is 0 Å². The molecular formula is C13H15N3O2. The zero-order valence-electron chi connectivity index (χ0n) is 9.93. The van der Waals surface area contributed by atoms with Gasteiger partial charge in [0.25, 0.3) is 0 Å². The summed E-state index contributed by atoms with van der Waals surface area (Å²) >= 11 is 0. The van der Waals surface area contributed by atoms with E-state index >= 15 is 0 Å². The van der Waals surface area contributed by atoms with Gasteiger partial charge in [-0.2, -0.15) is 5.26 Å². The number of hydrogen-bond donors (Lipinski definition) is 2. The Morgan fingerprint density at radius 2 is 2.17 bits per heavy atom. The van der Waals surface area contributed by atoms with Gasteiger partial charge in [-0.1, -0.05) is 12.1 Å². The van der Waals surface area contributed by atoms with Gasteiger partial charge in [-0.05, 0) is 17.7 Å². The molecule has 18 heavy (non-hydrogen) atoms. The van der Waals surface area contributed by atoms with Crippen LogP contribution in [-0.2, 0) is 16.0 Å². The van der Waals surface area contributed by atoms with Crippen LogP contribution in [0.3, 0.4) is 0 Å². The molecule has 1 aromatic carbocycles. The molecule has 0 bridgehead atoms. The van der Waals surface area contributed by atoms with Crippen molar-refractivity contribution in [3.05, 3.63) is 29.8 Å². The minimum atomic E-state index is -0.288. The van der Waals surface area contributed by atoms with Gasteiger partial charge in [0.15, 0.2) is 0 Å². The summed E-state index contributed by atoms with van der Waals surface area (Å²) < 4.78 is 5.16. The summed E-state index contributed by atoms with van der Waals surface area (Å²) in [6.07, 6.45) is 0.371. The summed E-state index contributed by atoms with van der Waals surface area (Å²) in [6, 6.07) is 9.05. The molecule has 94 valence electrons. The predicted octanol–water partition coefficient (Wildman–Crippen LogP) is 0.665. The number of nitrogens with zero attached hydrogens (tertiary/aromatic N) is 1. The fourth-order valence-electron chi connectivity index (χ4n) is 1.87. The maximum atomic E-state index is 11.9. The van der Waals surface area contributed by atoms with E-state index in [1.54, 1.807) is 12.1 Å². The molecule has 1 aliphatic heterocycles. The van der Waals surface area contributed by atoms with E-state index < -0.39 is 0 Å². The van der Waals surface area contributed by atoms with Crippen LogP contribution in [0.5, 0.6) is 0 Å². The van der Waals surface area contributed by atoms with E-state index in [1.807, 2.05) is 12.1 Å². The number of anilines is 1. The molecule has 5 nitrogen and oxygen atoms in total. The van der Waals surface area contributed by atoms with E-state index in [0.717, 1.165) is 5.56 Å². The monoisotopic (exact) mass is 245 g/mol. The first-order valence-corrected chi connectivity index (χ1v) is 5.81. The summed E-state index contributed by atoms with van der Waals surface area (Å²) in [5, 5.41) is 11.4. The zero-order chi connectivity index (χ0) is 13.0. The van der Waals surface area contributed by atoms with Crippen LogP contribution in [0.15, 0.2) is 24.3 Å². The van der Waals surface area contributed by atoms with E-state index in [4.69, 9.17) is 15.7 Å². The molecule has 1 saturated heterocycles. The van der Waals surface area contributed by atoms with Gasteiger partial charge in [-0.15, -0.1) is 0 Å². The van der Waals surface area contributed by atoms with Gasteiger partial charge in [0.1, 0.15) is 0 Å². The normalized spacial score (nSPS) is 22.4. The number of nitrogens with one attached hydrogen (secondary N) is 1. The zero-order valence-corrected chi connectivity index (χ0v) is 9.93. The average Bonchev–Trinajstić information content (AvgIpc) is 2.78. The Kier molecular flexibility index (Phi) is 3.92. The molecule has 1 fully saturated rings. The molecule has 5 heteroatoms. The first-order valence-electron chi connectivity index (χ1n) is 5.81. The van der Waals surface area contributed by atoms with Gasteiger partial charge >= 0.3 is 0 Å². The van der Waals surface area contributed by atoms with Crippen LogP contribution in [0.25, 0.3) is 0 Å². The summed E-state index contributed by atoms with van der Waals surface area (Å²) in [5.74, 6) is -0.406. The topological polar surface area (TPSA) is 88.1 Å². The molecule has 2 unspecified atom stereocenters. The van der Waals surface area contributed by atoms with Crippen LogP contribution in [0.4, 0.5) is 5.69 Å². The smallest absolute Gasteiger partial charge is 0.231 e. The molecule has 2 atom stereocenters. The lowest BCUT2D eigenvalue weighted by Crippen LogP contribution is -2.37. The molecule has 0 radical (unpaired) electrons. The molecule has 1 aliphatic rings. The SMILES string of the molecule is N#CCc1ccc(NC(=O)C2COCC2N)cc1. The quantitative estimate of drug-likeness (QED) is 0.819. The van der Waals surface area contributed by atoms with Crippen molar-refractivity contribution in [3.8, 4) is 6.07 Å². The highest BCUT2D eigenvalue weighted by atomic mass is 16.5. The second-order valence-electron chi connectivity index (χ2n) is 4.33. The van der Waals surface area contributed by atoms with Gasteiger partial charge in [0.2, 0.25) is 5.91 Å². The molecule has 1 heterocycles. The maximum Gasteiger partial charge on any atom is 0.231 e. The third-order valence-electron chi connectivity index (χ3n) is 2.97. The number of benzene rings is 1. The first-order chi connectivity index (χ1) is 8.70. The largest absolute Gasteiger partial charge is 0.379 e. The Bertz CT molecular complexity index is 464. The Balaban J connectivity index is 1.97. The number of amides is 1. The molecule has 1 amide bonds. The van der Waals surface area contributed by atoms with Crippen molar-refractivity contribution in [2.45, 2.75) is 12.5 Å². The maximum absolute atomic E-state index is 11.9. The third-order valence-corrected chi connectivity index (χ3v) is 2.97. The number of hydrogen-bond acceptors (Lipinski definition) is 4. The minimum Gasteiger partial charge on any atom is -0.379 e. The van der Waals surface area contributed by atoms with E-state index in [9.17, 15) is 4.79 Å². The number of nitrogens with two attached hydrogens (primary N) is 1. The van der Waals surface area contributed by atoms with Crippen LogP contribution in [0.2, 0.25) is 0 Å². The van der Waals surface area contributed by atoms with Gasteiger partial charge < -0.3 is 15.8 Å². The lowest BCUT2D eigenvalue weighted by molar-refractivity contribution is -0.120. The first kappa shape index (κ1) is 12.6. The van der Waals surface area contributed by atoms with Crippen LogP contribution >= 0.6 is 0 Å². The van der Waals surface area contributed by atoms with E-state index in [-0.39, 0.29) is 17.9 Å². The number of nitriles is 1. The highest BCUT2D eigenvalue weighted by molar-refractivity contribution is 5.93. The molecule has 0 aromatic heterocycles. The highest BCUT2D eigenvalue weighted by Crippen LogP contribution is 2.16. The van der Waals surface area contributed by atoms with Crippen molar-refractivity contribution in [2.24, 2.45) is 11.7 Å². The van der Waals surface area contributed by atoms with Crippen LogP contribution in [0.1, 0.15) is 5.56 Å². The minimum absolute atomic E-state index is 0.118. The third kappa shape index (κ3) is 2.86. The van der Waals surface area contributed by atoms with Crippen LogP contribution in [-0.4, -0.2) is 25.2 Å². The second-order valence-corrected chi connectivity index (χ2v) is 4.33. The van der Waals surface area contributed by atoms with Gasteiger partial charge in [0, 0.05) is 11.7 Å². The summed E-state index contributed by atoms with van der Waals surface area (Å²) in [4.78, 5) is 11.9. The molecule has 3 N–H and O–H groups in total. The van der Waals surface area contributed by atoms with Crippen molar-refractivity contribution >= 4 is 11.6 Å². The summed E-state index contributed by atoms with van der Waals surface area (Å²) in [5.41, 5.74) is 7.41. The Morgan fingerprint density at radius 3 is 2.72 bits per heavy atom. The lowest BCUT2D eigenvalue weighted by atomic mass is 10.0. The van der Waals surface area contributed by atoms with E-state index in [0.29, 0.717) is 25.3 Å². The number of rotatable bonds is 3. The molecular weight excluding hydrogens is 230 g/mol. The fraction of sp³-hybridized carbons (Fsp3) is 0.385. The van der Waals surface area contributed by atoms with Crippen molar-refractivity contribution in [2.75, 3.05) is 18.5 Å². The summed E-state index contributed by atoms with van der Waals surface area (Å²) in [6.45, 7) is 0.804. The summed E-state index contributed by atoms with van der Waals surface area (Å²) in [7, 11) is 0. The number of ether oxygens (including phenoxy) is 1. The Morgan fingerprint density at radius 1 is 1.44 bits per heavy atom. The van der Waals surface area contributed by atoms with Crippen molar-refractivity contribution < 1.29 is 9.53 Å². The molecule has 2 rings (SSSR count). The van der Waals surface area contributed by atoms with Crippen molar-refractivity contribution in [3.63, 3.8) is 0 Å². The second kappa shape index (κ2) is 5.63. The standard InChI is InChI=1S/C13H15N3O2/c14-6-5-9-1-3-10(4-2-9)16-13(17)11-7-18-8-12(11)15/h1-4,11-12H,5,7-8,15H2,(H,16,17). The Hall–Kier alpha value is -1.90. The van der Waals surface area contributed by atoms with E-state index in [1.165, 1.54) is 0 Å². The Labute approximate surface area is 106 Å². The average molecular weight is 245 g/mol. The van der Waals surface area contributed by atoms with Crippen LogP contribution in [0, 0.1) is 17.2 Å². The lowest BCUT2D eigenvalue weighted by Gasteiger charge is -2.13. The highest BCUT2D eigenvalue weighted by Gasteiger charge is 2.31.